The van der Waals surface area contributed by atoms with Crippen molar-refractivity contribution in [3.8, 4) is 0 Å². The number of hydrogen-bond donors (Lipinski definition) is 1. The van der Waals surface area contributed by atoms with Gasteiger partial charge in [0.1, 0.15) is 0 Å². The molecule has 0 bridgehead atoms. The number of carbonyl (C=O) groups excluding carboxylic acids is 1. The Balaban J connectivity index is 2.13. The van der Waals surface area contributed by atoms with Crippen LogP contribution in [0.1, 0.15) is 52.4 Å². The Bertz CT molecular complexity index is 200. The van der Waals surface area contributed by atoms with Gasteiger partial charge >= 0.3 is 0 Å². The second-order valence-corrected chi connectivity index (χ2v) is 4.87. The van der Waals surface area contributed by atoms with Crippen LogP contribution in [-0.4, -0.2) is 36.5 Å². The first-order valence-electron chi connectivity index (χ1n) is 6.75. The van der Waals surface area contributed by atoms with Gasteiger partial charge in [-0.15, -0.1) is 0 Å². The molecule has 0 aromatic rings. The maximum atomic E-state index is 11.8. The Labute approximate surface area is 99.6 Å². The molecule has 1 N–H and O–H groups in total. The van der Waals surface area contributed by atoms with Gasteiger partial charge in [0.2, 0.25) is 5.91 Å². The van der Waals surface area contributed by atoms with E-state index in [-0.39, 0.29) is 5.91 Å². The summed E-state index contributed by atoms with van der Waals surface area (Å²) in [6, 6.07) is 0.466. The molecular formula is C13H26N2O. The van der Waals surface area contributed by atoms with Crippen LogP contribution < -0.4 is 5.32 Å². The highest BCUT2D eigenvalue weighted by atomic mass is 16.2. The van der Waals surface area contributed by atoms with E-state index in [0.717, 1.165) is 13.1 Å². The van der Waals surface area contributed by atoms with E-state index in [2.05, 4.69) is 19.2 Å². The first-order valence-corrected chi connectivity index (χ1v) is 6.75. The number of amides is 1. The SMILES string of the molecule is CCCCC(C)NCC(=O)N1CCCCC1. The zero-order valence-corrected chi connectivity index (χ0v) is 10.8. The number of hydrogen-bond acceptors (Lipinski definition) is 2. The molecule has 94 valence electrons. The minimum Gasteiger partial charge on any atom is -0.342 e. The number of likely N-dealkylation sites (tertiary alicyclic amines) is 1. The smallest absolute Gasteiger partial charge is 0.236 e. The van der Waals surface area contributed by atoms with Gasteiger partial charge in [-0.25, -0.2) is 0 Å². The molecule has 16 heavy (non-hydrogen) atoms. The average Bonchev–Trinajstić information content (AvgIpc) is 2.34. The van der Waals surface area contributed by atoms with Gasteiger partial charge in [0.15, 0.2) is 0 Å². The maximum absolute atomic E-state index is 11.8. The fraction of sp³-hybridized carbons (Fsp3) is 0.923. The molecule has 1 saturated heterocycles. The van der Waals surface area contributed by atoms with Gasteiger partial charge < -0.3 is 10.2 Å². The summed E-state index contributed by atoms with van der Waals surface area (Å²) in [6.45, 7) is 6.81. The number of rotatable bonds is 6. The van der Waals surface area contributed by atoms with E-state index in [1.54, 1.807) is 0 Å². The maximum Gasteiger partial charge on any atom is 0.236 e. The van der Waals surface area contributed by atoms with Crippen LogP contribution in [0.3, 0.4) is 0 Å². The van der Waals surface area contributed by atoms with E-state index < -0.39 is 0 Å². The van der Waals surface area contributed by atoms with Crippen LogP contribution >= 0.6 is 0 Å². The van der Waals surface area contributed by atoms with Crippen LogP contribution in [0, 0.1) is 0 Å². The fourth-order valence-corrected chi connectivity index (χ4v) is 2.13. The predicted molar refractivity (Wildman–Crippen MR) is 67.4 cm³/mol. The summed E-state index contributed by atoms with van der Waals surface area (Å²) in [5.74, 6) is 0.281. The summed E-state index contributed by atoms with van der Waals surface area (Å²) in [4.78, 5) is 13.8. The quantitative estimate of drug-likeness (QED) is 0.753. The molecule has 3 nitrogen and oxygen atoms in total. The van der Waals surface area contributed by atoms with Gasteiger partial charge in [0, 0.05) is 19.1 Å². The van der Waals surface area contributed by atoms with Gasteiger partial charge in [-0.1, -0.05) is 19.8 Å². The molecule has 1 unspecified atom stereocenters. The number of carbonyl (C=O) groups is 1. The Morgan fingerprint density at radius 2 is 2.00 bits per heavy atom. The van der Waals surface area contributed by atoms with Gasteiger partial charge in [-0.3, -0.25) is 4.79 Å². The van der Waals surface area contributed by atoms with Crippen LogP contribution in [0.25, 0.3) is 0 Å². The van der Waals surface area contributed by atoms with Crippen molar-refractivity contribution in [2.24, 2.45) is 0 Å². The van der Waals surface area contributed by atoms with Gasteiger partial charge in [0.25, 0.3) is 0 Å². The lowest BCUT2D eigenvalue weighted by atomic mass is 10.1. The van der Waals surface area contributed by atoms with E-state index in [4.69, 9.17) is 0 Å². The van der Waals surface area contributed by atoms with E-state index >= 15 is 0 Å². The van der Waals surface area contributed by atoms with E-state index in [9.17, 15) is 4.79 Å². The van der Waals surface area contributed by atoms with Crippen LogP contribution in [-0.2, 0) is 4.79 Å². The van der Waals surface area contributed by atoms with E-state index in [0.29, 0.717) is 12.6 Å². The highest BCUT2D eigenvalue weighted by Crippen LogP contribution is 2.08. The zero-order valence-electron chi connectivity index (χ0n) is 10.8. The Morgan fingerprint density at radius 1 is 1.31 bits per heavy atom. The Kier molecular flexibility index (Phi) is 6.46. The van der Waals surface area contributed by atoms with Crippen molar-refractivity contribution in [2.45, 2.75) is 58.4 Å². The number of piperidine rings is 1. The molecule has 3 heteroatoms. The van der Waals surface area contributed by atoms with Crippen molar-refractivity contribution in [1.29, 1.82) is 0 Å². The lowest BCUT2D eigenvalue weighted by molar-refractivity contribution is -0.131. The van der Waals surface area contributed by atoms with Gasteiger partial charge in [-0.2, -0.15) is 0 Å². The summed E-state index contributed by atoms with van der Waals surface area (Å²) in [7, 11) is 0. The van der Waals surface area contributed by atoms with Crippen molar-refractivity contribution in [3.05, 3.63) is 0 Å². The zero-order chi connectivity index (χ0) is 11.8. The molecule has 1 rings (SSSR count). The van der Waals surface area contributed by atoms with Gasteiger partial charge in [-0.05, 0) is 32.6 Å². The summed E-state index contributed by atoms with van der Waals surface area (Å²) in [6.07, 6.45) is 7.28. The number of unbranched alkanes of at least 4 members (excludes halogenated alkanes) is 1. The van der Waals surface area contributed by atoms with Crippen molar-refractivity contribution >= 4 is 5.91 Å². The molecule has 1 atom stereocenters. The molecule has 1 aliphatic heterocycles. The second kappa shape index (κ2) is 7.66. The monoisotopic (exact) mass is 226 g/mol. The average molecular weight is 226 g/mol. The van der Waals surface area contributed by atoms with Crippen molar-refractivity contribution in [3.63, 3.8) is 0 Å². The predicted octanol–water partition coefficient (Wildman–Crippen LogP) is 2.17. The molecular weight excluding hydrogens is 200 g/mol. The van der Waals surface area contributed by atoms with E-state index in [1.165, 1.54) is 38.5 Å². The van der Waals surface area contributed by atoms with Crippen LogP contribution in [0.4, 0.5) is 0 Å². The minimum absolute atomic E-state index is 0.281. The summed E-state index contributed by atoms with van der Waals surface area (Å²) in [5.41, 5.74) is 0. The van der Waals surface area contributed by atoms with E-state index in [1.807, 2.05) is 4.90 Å². The molecule has 0 spiro atoms. The summed E-state index contributed by atoms with van der Waals surface area (Å²) >= 11 is 0. The highest BCUT2D eigenvalue weighted by molar-refractivity contribution is 5.78. The molecule has 1 aliphatic rings. The third-order valence-corrected chi connectivity index (χ3v) is 3.30. The normalized spacial score (nSPS) is 18.5. The molecule has 1 amide bonds. The Morgan fingerprint density at radius 3 is 2.62 bits per heavy atom. The number of nitrogens with one attached hydrogen (secondary N) is 1. The molecule has 0 radical (unpaired) electrons. The molecule has 0 saturated carbocycles. The third-order valence-electron chi connectivity index (χ3n) is 3.30. The Hall–Kier alpha value is -0.570. The molecule has 0 aliphatic carbocycles. The third kappa shape index (κ3) is 4.97. The molecule has 1 fully saturated rings. The van der Waals surface area contributed by atoms with Crippen molar-refractivity contribution in [2.75, 3.05) is 19.6 Å². The molecule has 0 aromatic carbocycles. The fourth-order valence-electron chi connectivity index (χ4n) is 2.13. The van der Waals surface area contributed by atoms with Crippen LogP contribution in [0.5, 0.6) is 0 Å². The molecule has 0 aromatic heterocycles. The van der Waals surface area contributed by atoms with Crippen LogP contribution in [0.15, 0.2) is 0 Å². The largest absolute Gasteiger partial charge is 0.342 e. The first-order chi connectivity index (χ1) is 7.74. The minimum atomic E-state index is 0.281. The standard InChI is InChI=1S/C13H26N2O/c1-3-4-8-12(2)14-11-13(16)15-9-6-5-7-10-15/h12,14H,3-11H2,1-2H3. The van der Waals surface area contributed by atoms with Crippen LogP contribution in [0.2, 0.25) is 0 Å². The van der Waals surface area contributed by atoms with Gasteiger partial charge in [0.05, 0.1) is 6.54 Å². The summed E-state index contributed by atoms with van der Waals surface area (Å²) in [5, 5.41) is 3.32. The number of nitrogens with zero attached hydrogens (tertiary/aromatic N) is 1. The highest BCUT2D eigenvalue weighted by Gasteiger charge is 2.16. The van der Waals surface area contributed by atoms with Crippen molar-refractivity contribution in [1.82, 2.24) is 10.2 Å². The lowest BCUT2D eigenvalue weighted by Gasteiger charge is -2.27. The topological polar surface area (TPSA) is 32.3 Å². The first kappa shape index (κ1) is 13.5. The van der Waals surface area contributed by atoms with Crippen molar-refractivity contribution < 1.29 is 4.79 Å². The lowest BCUT2D eigenvalue weighted by Crippen LogP contribution is -2.43. The molecule has 1 heterocycles. The second-order valence-electron chi connectivity index (χ2n) is 4.87. The summed E-state index contributed by atoms with van der Waals surface area (Å²) < 4.78 is 0.